The Morgan fingerprint density at radius 2 is 2.17 bits per heavy atom. The molecule has 2 nitrogen and oxygen atoms in total. The van der Waals surface area contributed by atoms with E-state index in [1.165, 1.54) is 16.7 Å². The molecule has 3 unspecified atom stereocenters. The average molecular weight is 267 g/mol. The molecular weight excluding hydrogens is 248 g/mol. The first-order chi connectivity index (χ1) is 8.79. The minimum atomic E-state index is 0.0587. The van der Waals surface area contributed by atoms with Crippen LogP contribution in [0.15, 0.2) is 18.2 Å². The molecule has 1 aromatic rings. The Balaban J connectivity index is 1.81. The first-order valence-electron chi connectivity index (χ1n) is 6.74. The molecule has 2 aliphatic heterocycles. The molecule has 1 fully saturated rings. The van der Waals surface area contributed by atoms with Crippen molar-refractivity contribution in [3.63, 3.8) is 0 Å². The summed E-state index contributed by atoms with van der Waals surface area (Å²) >= 11 is 6.67. The molecular formula is C15H19ClO2. The molecule has 3 atom stereocenters. The molecule has 1 saturated heterocycles. The van der Waals surface area contributed by atoms with E-state index in [9.17, 15) is 0 Å². The Kier molecular flexibility index (Phi) is 3.60. The molecule has 0 spiro atoms. The van der Waals surface area contributed by atoms with Gasteiger partial charge in [-0.05, 0) is 29.5 Å². The van der Waals surface area contributed by atoms with Gasteiger partial charge in [0.15, 0.2) is 0 Å². The lowest BCUT2D eigenvalue weighted by Crippen LogP contribution is -2.19. The normalized spacial score (nSPS) is 28.3. The Bertz CT molecular complexity index is 433. The summed E-state index contributed by atoms with van der Waals surface area (Å²) in [6, 6.07) is 6.52. The SMILES string of the molecule is CCC1OCCC1C(Cl)c1ccc2c(c1)COC2. The molecule has 0 bridgehead atoms. The highest BCUT2D eigenvalue weighted by atomic mass is 35.5. The number of hydrogen-bond donors (Lipinski definition) is 0. The van der Waals surface area contributed by atoms with Crippen molar-refractivity contribution in [2.45, 2.75) is 44.5 Å². The van der Waals surface area contributed by atoms with Crippen LogP contribution in [-0.4, -0.2) is 12.7 Å². The molecule has 0 aliphatic carbocycles. The summed E-state index contributed by atoms with van der Waals surface area (Å²) in [4.78, 5) is 0. The molecule has 2 heterocycles. The Labute approximate surface area is 113 Å². The molecule has 3 rings (SSSR count). The van der Waals surface area contributed by atoms with Crippen molar-refractivity contribution in [3.8, 4) is 0 Å². The van der Waals surface area contributed by atoms with Crippen LogP contribution >= 0.6 is 11.6 Å². The maximum Gasteiger partial charge on any atom is 0.0725 e. The highest BCUT2D eigenvalue weighted by Gasteiger charge is 2.33. The summed E-state index contributed by atoms with van der Waals surface area (Å²) < 4.78 is 11.2. The van der Waals surface area contributed by atoms with Gasteiger partial charge in [-0.2, -0.15) is 0 Å². The average Bonchev–Trinajstić information content (AvgIpc) is 3.05. The van der Waals surface area contributed by atoms with Crippen molar-refractivity contribution in [3.05, 3.63) is 34.9 Å². The van der Waals surface area contributed by atoms with Gasteiger partial charge in [0.05, 0.1) is 24.7 Å². The molecule has 2 aliphatic rings. The van der Waals surface area contributed by atoms with Crippen LogP contribution in [0, 0.1) is 5.92 Å². The van der Waals surface area contributed by atoms with E-state index < -0.39 is 0 Å². The lowest BCUT2D eigenvalue weighted by molar-refractivity contribution is 0.0864. The van der Waals surface area contributed by atoms with E-state index in [1.807, 2.05) is 0 Å². The van der Waals surface area contributed by atoms with Crippen molar-refractivity contribution in [2.24, 2.45) is 5.92 Å². The smallest absolute Gasteiger partial charge is 0.0725 e. The van der Waals surface area contributed by atoms with Gasteiger partial charge in [-0.1, -0.05) is 25.1 Å². The lowest BCUT2D eigenvalue weighted by Gasteiger charge is -2.22. The highest BCUT2D eigenvalue weighted by Crippen LogP contribution is 2.40. The maximum atomic E-state index is 6.67. The first-order valence-corrected chi connectivity index (χ1v) is 7.18. The second kappa shape index (κ2) is 5.20. The molecule has 0 aromatic heterocycles. The molecule has 0 N–H and O–H groups in total. The third kappa shape index (κ3) is 2.18. The van der Waals surface area contributed by atoms with E-state index in [-0.39, 0.29) is 5.38 Å². The number of rotatable bonds is 3. The van der Waals surface area contributed by atoms with Gasteiger partial charge in [0.1, 0.15) is 0 Å². The lowest BCUT2D eigenvalue weighted by atomic mass is 9.90. The fraction of sp³-hybridized carbons (Fsp3) is 0.600. The van der Waals surface area contributed by atoms with Gasteiger partial charge < -0.3 is 9.47 Å². The number of fused-ring (bicyclic) bond motifs is 1. The zero-order valence-electron chi connectivity index (χ0n) is 10.7. The number of alkyl halides is 1. The van der Waals surface area contributed by atoms with Gasteiger partial charge in [0, 0.05) is 12.5 Å². The van der Waals surface area contributed by atoms with E-state index in [0.717, 1.165) is 32.7 Å². The van der Waals surface area contributed by atoms with Crippen LogP contribution in [0.3, 0.4) is 0 Å². The predicted molar refractivity (Wildman–Crippen MR) is 71.7 cm³/mol. The number of halogens is 1. The minimum absolute atomic E-state index is 0.0587. The van der Waals surface area contributed by atoms with Gasteiger partial charge in [0.2, 0.25) is 0 Å². The van der Waals surface area contributed by atoms with Gasteiger partial charge in [-0.25, -0.2) is 0 Å². The Morgan fingerprint density at radius 3 is 3.00 bits per heavy atom. The van der Waals surface area contributed by atoms with E-state index in [0.29, 0.717) is 12.0 Å². The van der Waals surface area contributed by atoms with Gasteiger partial charge in [0.25, 0.3) is 0 Å². The summed E-state index contributed by atoms with van der Waals surface area (Å²) in [5.41, 5.74) is 3.82. The number of hydrogen-bond acceptors (Lipinski definition) is 2. The minimum Gasteiger partial charge on any atom is -0.378 e. The van der Waals surface area contributed by atoms with E-state index in [1.54, 1.807) is 0 Å². The third-order valence-electron chi connectivity index (χ3n) is 4.10. The Morgan fingerprint density at radius 1 is 1.33 bits per heavy atom. The maximum absolute atomic E-state index is 6.67. The predicted octanol–water partition coefficient (Wildman–Crippen LogP) is 3.81. The van der Waals surface area contributed by atoms with Gasteiger partial charge >= 0.3 is 0 Å². The molecule has 3 heteroatoms. The Hall–Kier alpha value is -0.570. The molecule has 0 amide bonds. The highest BCUT2D eigenvalue weighted by molar-refractivity contribution is 6.21. The molecule has 0 saturated carbocycles. The standard InChI is InChI=1S/C15H19ClO2/c1-2-14-13(5-6-18-14)15(16)10-3-4-11-8-17-9-12(11)7-10/h3-4,7,13-15H,2,5-6,8-9H2,1H3. The molecule has 18 heavy (non-hydrogen) atoms. The van der Waals surface area contributed by atoms with Crippen molar-refractivity contribution < 1.29 is 9.47 Å². The second-order valence-corrected chi connectivity index (χ2v) is 5.66. The van der Waals surface area contributed by atoms with Crippen LogP contribution in [0.2, 0.25) is 0 Å². The van der Waals surface area contributed by atoms with Crippen molar-refractivity contribution in [1.82, 2.24) is 0 Å². The molecule has 1 aromatic carbocycles. The third-order valence-corrected chi connectivity index (χ3v) is 4.68. The van der Waals surface area contributed by atoms with E-state index >= 15 is 0 Å². The molecule has 98 valence electrons. The number of benzene rings is 1. The largest absolute Gasteiger partial charge is 0.378 e. The summed E-state index contributed by atoms with van der Waals surface area (Å²) in [6.45, 7) is 4.49. The van der Waals surface area contributed by atoms with Crippen LogP contribution in [0.25, 0.3) is 0 Å². The second-order valence-electron chi connectivity index (χ2n) is 5.19. The van der Waals surface area contributed by atoms with Crippen molar-refractivity contribution >= 4 is 11.6 Å². The van der Waals surface area contributed by atoms with Gasteiger partial charge in [-0.3, -0.25) is 0 Å². The van der Waals surface area contributed by atoms with Crippen LogP contribution in [-0.2, 0) is 22.7 Å². The summed E-state index contributed by atoms with van der Waals surface area (Å²) in [7, 11) is 0. The van der Waals surface area contributed by atoms with E-state index in [2.05, 4.69) is 25.1 Å². The number of ether oxygens (including phenoxy) is 2. The van der Waals surface area contributed by atoms with Crippen LogP contribution in [0.5, 0.6) is 0 Å². The topological polar surface area (TPSA) is 18.5 Å². The first kappa shape index (κ1) is 12.5. The molecule has 0 radical (unpaired) electrons. The summed E-state index contributed by atoms with van der Waals surface area (Å²) in [6.07, 6.45) is 2.43. The summed E-state index contributed by atoms with van der Waals surface area (Å²) in [5, 5.41) is 0.0587. The van der Waals surface area contributed by atoms with Crippen LogP contribution < -0.4 is 0 Å². The van der Waals surface area contributed by atoms with Crippen LogP contribution in [0.4, 0.5) is 0 Å². The van der Waals surface area contributed by atoms with E-state index in [4.69, 9.17) is 21.1 Å². The van der Waals surface area contributed by atoms with Crippen molar-refractivity contribution in [1.29, 1.82) is 0 Å². The van der Waals surface area contributed by atoms with Gasteiger partial charge in [-0.15, -0.1) is 11.6 Å². The zero-order chi connectivity index (χ0) is 12.5. The van der Waals surface area contributed by atoms with Crippen molar-refractivity contribution in [2.75, 3.05) is 6.61 Å². The van der Waals surface area contributed by atoms with Crippen LogP contribution in [0.1, 0.15) is 41.8 Å². The monoisotopic (exact) mass is 266 g/mol. The fourth-order valence-corrected chi connectivity index (χ4v) is 3.46. The summed E-state index contributed by atoms with van der Waals surface area (Å²) in [5.74, 6) is 0.442. The quantitative estimate of drug-likeness (QED) is 0.775. The zero-order valence-corrected chi connectivity index (χ0v) is 11.5. The fourth-order valence-electron chi connectivity index (χ4n) is 3.03.